The summed E-state index contributed by atoms with van der Waals surface area (Å²) in [7, 11) is 2.67. The molecule has 0 bridgehead atoms. The molecular weight excluding hydrogens is 566 g/mol. The lowest BCUT2D eigenvalue weighted by Crippen LogP contribution is -2.60. The molecule has 0 aromatic heterocycles. The van der Waals surface area contributed by atoms with Crippen molar-refractivity contribution in [3.63, 3.8) is 0 Å². The Morgan fingerprint density at radius 3 is 2.20 bits per heavy atom. The second kappa shape index (κ2) is 8.94. The van der Waals surface area contributed by atoms with Gasteiger partial charge in [0.05, 0.1) is 31.7 Å². The summed E-state index contributed by atoms with van der Waals surface area (Å²) in [5.74, 6) is -6.66. The highest BCUT2D eigenvalue weighted by Crippen LogP contribution is 2.66. The molecule has 6 atom stereocenters. The molecular formula is C28H23Cl2FN2O7. The largest absolute Gasteiger partial charge is 0.502 e. The number of carbonyl (C=O) groups is 4. The van der Waals surface area contributed by atoms with E-state index in [1.165, 1.54) is 38.5 Å². The lowest BCUT2D eigenvalue weighted by molar-refractivity contribution is -0.127. The number of anilines is 1. The van der Waals surface area contributed by atoms with Crippen LogP contribution in [-0.2, 0) is 19.2 Å². The molecule has 9 nitrogen and oxygen atoms in total. The number of phenolic OH excluding ortho intramolecular Hbond substituents is 1. The number of aromatic hydroxyl groups is 1. The van der Waals surface area contributed by atoms with E-state index in [-0.39, 0.29) is 35.8 Å². The minimum atomic E-state index is -2.11. The highest BCUT2D eigenvalue weighted by atomic mass is 35.5. The summed E-state index contributed by atoms with van der Waals surface area (Å²) in [6.45, 7) is 0. The minimum Gasteiger partial charge on any atom is -0.502 e. The van der Waals surface area contributed by atoms with Crippen molar-refractivity contribution < 1.29 is 38.1 Å². The second-order valence-corrected chi connectivity index (χ2v) is 11.6. The summed E-state index contributed by atoms with van der Waals surface area (Å²) in [6, 6.07) is 7.70. The molecule has 2 aliphatic heterocycles. The minimum absolute atomic E-state index is 0.0205. The fourth-order valence-corrected chi connectivity index (χ4v) is 7.70. The first kappa shape index (κ1) is 26.6. The van der Waals surface area contributed by atoms with Crippen molar-refractivity contribution in [2.24, 2.45) is 17.8 Å². The Bertz CT molecular complexity index is 1500. The zero-order valence-corrected chi connectivity index (χ0v) is 22.8. The Morgan fingerprint density at radius 2 is 1.60 bits per heavy atom. The summed E-state index contributed by atoms with van der Waals surface area (Å²) >= 11 is 14.5. The van der Waals surface area contributed by atoms with Gasteiger partial charge in [-0.1, -0.05) is 11.6 Å². The van der Waals surface area contributed by atoms with Gasteiger partial charge in [0.25, 0.3) is 11.8 Å². The van der Waals surface area contributed by atoms with Gasteiger partial charge >= 0.3 is 0 Å². The van der Waals surface area contributed by atoms with Crippen LogP contribution < -0.4 is 19.7 Å². The summed E-state index contributed by atoms with van der Waals surface area (Å²) in [5, 5.41) is 12.9. The van der Waals surface area contributed by atoms with Crippen LogP contribution in [0.2, 0.25) is 0 Å². The van der Waals surface area contributed by atoms with Crippen LogP contribution in [0.25, 0.3) is 0 Å². The van der Waals surface area contributed by atoms with Gasteiger partial charge in [-0.25, -0.2) is 9.29 Å². The number of allylic oxidation sites excluding steroid dienone is 2. The van der Waals surface area contributed by atoms with Gasteiger partial charge < -0.3 is 14.6 Å². The van der Waals surface area contributed by atoms with E-state index in [0.29, 0.717) is 11.1 Å². The SMILES string of the molecule is COc1cc([C@H]2C3=CC[C@@H]4C(=O)NC(=O)[C@@H]4[C@@H]3C[C@@]3(Cl)C(=O)N(c4ccc(F)cc4)C(=O)[C@@]23Cl)cc(OC)c1O. The first-order valence-corrected chi connectivity index (χ1v) is 13.3. The predicted molar refractivity (Wildman–Crippen MR) is 141 cm³/mol. The van der Waals surface area contributed by atoms with Crippen molar-refractivity contribution in [1.29, 1.82) is 0 Å². The molecule has 0 unspecified atom stereocenters. The normalized spacial score (nSPS) is 32.7. The van der Waals surface area contributed by atoms with E-state index >= 15 is 0 Å². The molecule has 2 saturated heterocycles. The molecule has 1 saturated carbocycles. The Kier molecular flexibility index (Phi) is 5.94. The molecule has 0 radical (unpaired) electrons. The zero-order valence-electron chi connectivity index (χ0n) is 21.2. The molecule has 40 heavy (non-hydrogen) atoms. The predicted octanol–water partition coefficient (Wildman–Crippen LogP) is 3.40. The molecule has 2 aliphatic carbocycles. The van der Waals surface area contributed by atoms with E-state index in [4.69, 9.17) is 32.7 Å². The molecule has 208 valence electrons. The van der Waals surface area contributed by atoms with Gasteiger partial charge in [-0.15, -0.1) is 23.2 Å². The van der Waals surface area contributed by atoms with E-state index in [9.17, 15) is 28.7 Å². The number of benzene rings is 2. The Labute approximate surface area is 237 Å². The number of fused-ring (bicyclic) bond motifs is 4. The van der Waals surface area contributed by atoms with Gasteiger partial charge in [-0.05, 0) is 60.7 Å². The van der Waals surface area contributed by atoms with Gasteiger partial charge in [0.15, 0.2) is 21.2 Å². The smallest absolute Gasteiger partial charge is 0.258 e. The fourth-order valence-electron chi connectivity index (χ4n) is 6.76. The standard InChI is InChI=1S/C28H23Cl2FN2O7/c1-39-18-9-12(10-19(40-2)22(18)34)21-15-7-8-16-20(24(36)32-23(16)35)17(15)11-27(29)25(37)33(26(38)28(21,27)30)14-5-3-13(31)4-6-14/h3-7,9-10,16-17,20-21,34H,8,11H2,1-2H3,(H,32,35,36)/t16-,17+,20-,21-,27+,28-/m0/s1. The van der Waals surface area contributed by atoms with Crippen molar-refractivity contribution in [2.75, 3.05) is 19.1 Å². The Morgan fingerprint density at radius 1 is 0.975 bits per heavy atom. The fraction of sp³-hybridized carbons (Fsp3) is 0.357. The van der Waals surface area contributed by atoms with Gasteiger partial charge in [-0.3, -0.25) is 24.5 Å². The topological polar surface area (TPSA) is 122 Å². The van der Waals surface area contributed by atoms with Gasteiger partial charge in [0.2, 0.25) is 17.6 Å². The van der Waals surface area contributed by atoms with Crippen molar-refractivity contribution in [3.8, 4) is 17.2 Å². The molecule has 6 rings (SSSR count). The van der Waals surface area contributed by atoms with Gasteiger partial charge in [0.1, 0.15) is 5.82 Å². The number of hydrogen-bond donors (Lipinski definition) is 2. The van der Waals surface area contributed by atoms with Crippen molar-refractivity contribution in [2.45, 2.75) is 28.5 Å². The lowest BCUT2D eigenvalue weighted by atomic mass is 9.56. The van der Waals surface area contributed by atoms with E-state index in [1.54, 1.807) is 6.08 Å². The maximum Gasteiger partial charge on any atom is 0.258 e. The summed E-state index contributed by atoms with van der Waals surface area (Å²) in [4.78, 5) is 50.6. The van der Waals surface area contributed by atoms with Crippen molar-refractivity contribution in [3.05, 3.63) is 59.4 Å². The lowest BCUT2D eigenvalue weighted by Gasteiger charge is -2.50. The van der Waals surface area contributed by atoms with Crippen LogP contribution in [0, 0.1) is 23.6 Å². The molecule has 12 heteroatoms. The molecule has 0 spiro atoms. The summed E-state index contributed by atoms with van der Waals surface area (Å²) < 4.78 is 24.4. The molecule has 2 aromatic rings. The second-order valence-electron chi connectivity index (χ2n) is 10.4. The third-order valence-corrected chi connectivity index (χ3v) is 9.99. The highest BCUT2D eigenvalue weighted by Gasteiger charge is 2.76. The highest BCUT2D eigenvalue weighted by molar-refractivity contribution is 6.58. The van der Waals surface area contributed by atoms with Crippen molar-refractivity contribution in [1.82, 2.24) is 5.32 Å². The maximum absolute atomic E-state index is 14.3. The number of rotatable bonds is 4. The number of alkyl halides is 2. The number of phenols is 1. The third-order valence-electron chi connectivity index (χ3n) is 8.57. The van der Waals surface area contributed by atoms with Crippen LogP contribution >= 0.6 is 23.2 Å². The molecule has 4 amide bonds. The quantitative estimate of drug-likeness (QED) is 0.319. The Hall–Kier alpha value is -3.63. The number of nitrogens with zero attached hydrogens (tertiary/aromatic N) is 1. The number of hydrogen-bond acceptors (Lipinski definition) is 7. The summed E-state index contributed by atoms with van der Waals surface area (Å²) in [5.41, 5.74) is 0.983. The van der Waals surface area contributed by atoms with Crippen LogP contribution in [0.3, 0.4) is 0 Å². The number of amides is 4. The number of halogens is 3. The molecule has 4 aliphatic rings. The number of carbonyl (C=O) groups excluding carboxylic acids is 4. The average molecular weight is 589 g/mol. The molecule has 2 aromatic carbocycles. The first-order valence-electron chi connectivity index (χ1n) is 12.5. The van der Waals surface area contributed by atoms with E-state index in [0.717, 1.165) is 17.0 Å². The first-order chi connectivity index (χ1) is 19.0. The number of ether oxygens (including phenoxy) is 2. The summed E-state index contributed by atoms with van der Waals surface area (Å²) in [6.07, 6.45) is 1.79. The zero-order chi connectivity index (χ0) is 28.7. The maximum atomic E-state index is 14.3. The molecule has 3 fully saturated rings. The van der Waals surface area contributed by atoms with E-state index < -0.39 is 62.9 Å². The van der Waals surface area contributed by atoms with E-state index in [2.05, 4.69) is 5.32 Å². The van der Waals surface area contributed by atoms with Gasteiger partial charge in [-0.2, -0.15) is 0 Å². The third kappa shape index (κ3) is 3.32. The van der Waals surface area contributed by atoms with Crippen LogP contribution in [0.1, 0.15) is 24.3 Å². The van der Waals surface area contributed by atoms with Crippen molar-refractivity contribution >= 4 is 52.5 Å². The van der Waals surface area contributed by atoms with Crippen LogP contribution in [0.15, 0.2) is 48.0 Å². The van der Waals surface area contributed by atoms with Crippen LogP contribution in [-0.4, -0.2) is 52.7 Å². The molecule has 2 N–H and O–H groups in total. The Balaban J connectivity index is 1.61. The van der Waals surface area contributed by atoms with E-state index in [1.807, 2.05) is 0 Å². The molecule has 2 heterocycles. The number of imide groups is 2. The number of methoxy groups -OCH3 is 2. The monoisotopic (exact) mass is 588 g/mol. The van der Waals surface area contributed by atoms with Crippen LogP contribution in [0.5, 0.6) is 17.2 Å². The average Bonchev–Trinajstić information content (AvgIpc) is 3.30. The number of nitrogens with one attached hydrogen (secondary N) is 1. The van der Waals surface area contributed by atoms with Gasteiger partial charge in [0, 0.05) is 5.92 Å². The van der Waals surface area contributed by atoms with Crippen LogP contribution in [0.4, 0.5) is 10.1 Å².